The van der Waals surface area contributed by atoms with Gasteiger partial charge in [0.1, 0.15) is 17.3 Å². The van der Waals surface area contributed by atoms with Crippen molar-refractivity contribution in [1.82, 2.24) is 14.5 Å². The molecule has 0 bridgehead atoms. The van der Waals surface area contributed by atoms with E-state index in [-0.39, 0.29) is 11.1 Å². The molecule has 1 aromatic carbocycles. The van der Waals surface area contributed by atoms with Gasteiger partial charge in [-0.3, -0.25) is 14.3 Å². The third kappa shape index (κ3) is 3.42. The second kappa shape index (κ2) is 7.71. The van der Waals surface area contributed by atoms with Crippen LogP contribution in [0.2, 0.25) is 0 Å². The Balaban J connectivity index is 1.57. The van der Waals surface area contributed by atoms with Crippen LogP contribution in [0.15, 0.2) is 57.9 Å². The molecule has 0 atom stereocenters. The molecule has 1 saturated heterocycles. The Hall–Kier alpha value is -3.37. The van der Waals surface area contributed by atoms with Gasteiger partial charge in [0, 0.05) is 39.8 Å². The fraction of sp³-hybridized carbons (Fsp3) is 0.286. The molecule has 0 aliphatic carbocycles. The van der Waals surface area contributed by atoms with Crippen LogP contribution in [0.4, 0.5) is 5.95 Å². The topological polar surface area (TPSA) is 78.3 Å². The second-order valence-electron chi connectivity index (χ2n) is 6.84. The zero-order valence-electron chi connectivity index (χ0n) is 15.7. The third-order valence-corrected chi connectivity index (χ3v) is 5.04. The zero-order valence-corrected chi connectivity index (χ0v) is 15.7. The van der Waals surface area contributed by atoms with Crippen LogP contribution in [0.3, 0.4) is 0 Å². The Morgan fingerprint density at radius 2 is 1.86 bits per heavy atom. The van der Waals surface area contributed by atoms with Gasteiger partial charge in [-0.05, 0) is 17.7 Å². The van der Waals surface area contributed by atoms with Crippen molar-refractivity contribution < 1.29 is 4.42 Å². The third-order valence-electron chi connectivity index (χ3n) is 5.04. The molecule has 1 aliphatic rings. The lowest BCUT2D eigenvalue weighted by Crippen LogP contribution is -2.48. The van der Waals surface area contributed by atoms with E-state index < -0.39 is 0 Å². The highest BCUT2D eigenvalue weighted by molar-refractivity contribution is 5.62. The van der Waals surface area contributed by atoms with Crippen molar-refractivity contribution in [3.8, 4) is 17.5 Å². The molecule has 1 aliphatic heterocycles. The van der Waals surface area contributed by atoms with E-state index in [0.29, 0.717) is 17.4 Å². The smallest absolute Gasteiger partial charge is 0.273 e. The van der Waals surface area contributed by atoms with Crippen LogP contribution >= 0.6 is 0 Å². The summed E-state index contributed by atoms with van der Waals surface area (Å²) in [5, 5.41) is 9.43. The fourth-order valence-electron chi connectivity index (χ4n) is 3.51. The average Bonchev–Trinajstić information content (AvgIpc) is 3.26. The van der Waals surface area contributed by atoms with Crippen LogP contribution in [0, 0.1) is 11.3 Å². The quantitative estimate of drug-likeness (QED) is 0.696. The summed E-state index contributed by atoms with van der Waals surface area (Å²) in [6, 6.07) is 15.8. The summed E-state index contributed by atoms with van der Waals surface area (Å²) in [6.07, 6.45) is 1.51. The number of aromatic nitrogens is 2. The van der Waals surface area contributed by atoms with Crippen LogP contribution in [0.1, 0.15) is 11.1 Å². The van der Waals surface area contributed by atoms with Crippen LogP contribution < -0.4 is 10.5 Å². The molecular formula is C21H21N5O2. The van der Waals surface area contributed by atoms with Gasteiger partial charge in [0.15, 0.2) is 5.76 Å². The number of anilines is 1. The van der Waals surface area contributed by atoms with E-state index in [1.807, 2.05) is 12.1 Å². The van der Waals surface area contributed by atoms with E-state index in [2.05, 4.69) is 39.0 Å². The first-order valence-corrected chi connectivity index (χ1v) is 9.23. The van der Waals surface area contributed by atoms with Crippen LogP contribution in [0.5, 0.6) is 0 Å². The Morgan fingerprint density at radius 3 is 2.50 bits per heavy atom. The minimum Gasteiger partial charge on any atom is -0.463 e. The number of furan rings is 1. The Labute approximate surface area is 163 Å². The first kappa shape index (κ1) is 18.0. The summed E-state index contributed by atoms with van der Waals surface area (Å²) in [5.41, 5.74) is 1.24. The summed E-state index contributed by atoms with van der Waals surface area (Å²) < 4.78 is 6.85. The monoisotopic (exact) mass is 375 g/mol. The Bertz CT molecular complexity index is 1040. The van der Waals surface area contributed by atoms with Gasteiger partial charge in [0.25, 0.3) is 5.56 Å². The standard InChI is InChI=1S/C21H21N5O2/c1-24-20(27)17(14-22)19(18-8-5-13-28-18)23-21(24)26-11-9-25(10-12-26)15-16-6-3-2-4-7-16/h2-8,13H,9-12,15H2,1H3. The highest BCUT2D eigenvalue weighted by atomic mass is 16.3. The van der Waals surface area contributed by atoms with Crippen LogP contribution in [-0.4, -0.2) is 40.6 Å². The largest absolute Gasteiger partial charge is 0.463 e. The summed E-state index contributed by atoms with van der Waals surface area (Å²) in [4.78, 5) is 21.8. The SMILES string of the molecule is Cn1c(N2CCN(Cc3ccccc3)CC2)nc(-c2ccco2)c(C#N)c1=O. The molecule has 0 unspecified atom stereocenters. The summed E-state index contributed by atoms with van der Waals surface area (Å²) >= 11 is 0. The number of hydrogen-bond donors (Lipinski definition) is 0. The van der Waals surface area contributed by atoms with Crippen molar-refractivity contribution in [3.05, 3.63) is 70.2 Å². The minimum atomic E-state index is -0.356. The molecule has 4 rings (SSSR count). The first-order chi connectivity index (χ1) is 13.7. The predicted octanol–water partition coefficient (Wildman–Crippen LogP) is 2.23. The van der Waals surface area contributed by atoms with E-state index >= 15 is 0 Å². The molecular weight excluding hydrogens is 354 g/mol. The molecule has 1 fully saturated rings. The van der Waals surface area contributed by atoms with E-state index in [9.17, 15) is 10.1 Å². The maximum atomic E-state index is 12.7. The molecule has 0 saturated carbocycles. The molecule has 2 aromatic heterocycles. The molecule has 0 amide bonds. The van der Waals surface area contributed by atoms with Gasteiger partial charge in [-0.2, -0.15) is 5.26 Å². The van der Waals surface area contributed by atoms with Gasteiger partial charge in [0.2, 0.25) is 5.95 Å². The lowest BCUT2D eigenvalue weighted by molar-refractivity contribution is 0.248. The summed E-state index contributed by atoms with van der Waals surface area (Å²) in [7, 11) is 1.66. The fourth-order valence-corrected chi connectivity index (χ4v) is 3.51. The second-order valence-corrected chi connectivity index (χ2v) is 6.84. The summed E-state index contributed by atoms with van der Waals surface area (Å²) in [5.74, 6) is 0.993. The van der Waals surface area contributed by atoms with Gasteiger partial charge in [-0.15, -0.1) is 0 Å². The van der Waals surface area contributed by atoms with E-state index in [1.165, 1.54) is 16.4 Å². The molecule has 7 nitrogen and oxygen atoms in total. The number of hydrogen-bond acceptors (Lipinski definition) is 6. The highest BCUT2D eigenvalue weighted by Gasteiger charge is 2.24. The van der Waals surface area contributed by atoms with Gasteiger partial charge in [-0.25, -0.2) is 4.98 Å². The molecule has 3 heterocycles. The lowest BCUT2D eigenvalue weighted by Gasteiger charge is -2.36. The summed E-state index contributed by atoms with van der Waals surface area (Å²) in [6.45, 7) is 4.18. The van der Waals surface area contributed by atoms with Crippen molar-refractivity contribution in [1.29, 1.82) is 5.26 Å². The lowest BCUT2D eigenvalue weighted by atomic mass is 10.2. The van der Waals surface area contributed by atoms with Crippen molar-refractivity contribution in [3.63, 3.8) is 0 Å². The molecule has 142 valence electrons. The van der Waals surface area contributed by atoms with Gasteiger partial charge < -0.3 is 9.32 Å². The van der Waals surface area contributed by atoms with Crippen LogP contribution in [0.25, 0.3) is 11.5 Å². The van der Waals surface area contributed by atoms with E-state index in [1.54, 1.807) is 19.2 Å². The van der Waals surface area contributed by atoms with Crippen molar-refractivity contribution >= 4 is 5.95 Å². The van der Waals surface area contributed by atoms with Crippen molar-refractivity contribution in [2.45, 2.75) is 6.54 Å². The molecule has 0 radical (unpaired) electrons. The number of rotatable bonds is 4. The van der Waals surface area contributed by atoms with Gasteiger partial charge >= 0.3 is 0 Å². The van der Waals surface area contributed by atoms with Crippen molar-refractivity contribution in [2.75, 3.05) is 31.1 Å². The Morgan fingerprint density at radius 1 is 1.11 bits per heavy atom. The molecule has 3 aromatic rings. The first-order valence-electron chi connectivity index (χ1n) is 9.23. The molecule has 28 heavy (non-hydrogen) atoms. The zero-order chi connectivity index (χ0) is 19.5. The number of nitriles is 1. The maximum absolute atomic E-state index is 12.7. The van der Waals surface area contributed by atoms with Gasteiger partial charge in [0.05, 0.1) is 6.26 Å². The minimum absolute atomic E-state index is 0.00362. The molecule has 0 N–H and O–H groups in total. The predicted molar refractivity (Wildman–Crippen MR) is 106 cm³/mol. The number of benzene rings is 1. The highest BCUT2D eigenvalue weighted by Crippen LogP contribution is 2.23. The van der Waals surface area contributed by atoms with Crippen LogP contribution in [-0.2, 0) is 13.6 Å². The molecule has 0 spiro atoms. The molecule has 7 heteroatoms. The Kier molecular flexibility index (Phi) is 4.96. The van der Waals surface area contributed by atoms with Crippen molar-refractivity contribution in [2.24, 2.45) is 7.05 Å². The van der Waals surface area contributed by atoms with E-state index in [0.717, 1.165) is 32.7 Å². The average molecular weight is 375 g/mol. The normalized spacial score (nSPS) is 14.8. The number of nitrogens with zero attached hydrogens (tertiary/aromatic N) is 5. The van der Waals surface area contributed by atoms with E-state index in [4.69, 9.17) is 4.42 Å². The maximum Gasteiger partial charge on any atom is 0.273 e. The number of piperazine rings is 1. The van der Waals surface area contributed by atoms with Gasteiger partial charge in [-0.1, -0.05) is 30.3 Å².